The minimum atomic E-state index is -0.664. The molecule has 0 fully saturated rings. The molecule has 1 amide bonds. The van der Waals surface area contributed by atoms with Crippen LogP contribution >= 0.6 is 46.4 Å². The summed E-state index contributed by atoms with van der Waals surface area (Å²) < 4.78 is 5.53. The number of aromatic nitrogens is 1. The maximum Gasteiger partial charge on any atom is 0.345 e. The summed E-state index contributed by atoms with van der Waals surface area (Å²) in [6.45, 7) is 0. The SMILES string of the molecule is O=C(Oc1ccccc1C=NNC(=O)c1[nH]c2c(Cl)cc(Cl)cc2c1-c1ccccc1)c1ccc(Cl)cc1Cl. The summed E-state index contributed by atoms with van der Waals surface area (Å²) in [7, 11) is 0. The van der Waals surface area contributed by atoms with E-state index in [1.807, 2.05) is 30.3 Å². The van der Waals surface area contributed by atoms with Gasteiger partial charge in [-0.3, -0.25) is 4.79 Å². The number of nitrogens with one attached hydrogen (secondary N) is 2. The first kappa shape index (κ1) is 26.8. The molecule has 0 saturated heterocycles. The average Bonchev–Trinajstić information content (AvgIpc) is 3.30. The molecule has 0 aliphatic heterocycles. The van der Waals surface area contributed by atoms with E-state index in [2.05, 4.69) is 15.5 Å². The molecule has 5 rings (SSSR count). The summed E-state index contributed by atoms with van der Waals surface area (Å²) in [4.78, 5) is 29.1. The van der Waals surface area contributed by atoms with Gasteiger partial charge in [-0.2, -0.15) is 5.10 Å². The first-order valence-corrected chi connectivity index (χ1v) is 13.0. The van der Waals surface area contributed by atoms with E-state index < -0.39 is 11.9 Å². The van der Waals surface area contributed by atoms with Gasteiger partial charge >= 0.3 is 5.97 Å². The summed E-state index contributed by atoms with van der Waals surface area (Å²) in [5.41, 5.74) is 5.41. The first-order chi connectivity index (χ1) is 18.8. The number of carbonyl (C=O) groups is 2. The van der Waals surface area contributed by atoms with Gasteiger partial charge in [0.2, 0.25) is 0 Å². The summed E-state index contributed by atoms with van der Waals surface area (Å²) >= 11 is 24.7. The summed E-state index contributed by atoms with van der Waals surface area (Å²) in [6.07, 6.45) is 1.37. The van der Waals surface area contributed by atoms with Gasteiger partial charge in [-0.1, -0.05) is 88.9 Å². The van der Waals surface area contributed by atoms with Crippen molar-refractivity contribution in [1.29, 1.82) is 0 Å². The number of H-pyrrole nitrogens is 1. The Labute approximate surface area is 243 Å². The third-order valence-corrected chi connectivity index (χ3v) is 6.82. The van der Waals surface area contributed by atoms with Crippen molar-refractivity contribution in [3.63, 3.8) is 0 Å². The molecule has 1 aromatic heterocycles. The van der Waals surface area contributed by atoms with E-state index in [0.717, 1.165) is 5.56 Å². The number of halogens is 4. The van der Waals surface area contributed by atoms with Gasteiger partial charge in [-0.05, 0) is 48.0 Å². The van der Waals surface area contributed by atoms with Gasteiger partial charge in [0.25, 0.3) is 5.91 Å². The number of hydrogen-bond acceptors (Lipinski definition) is 4. The van der Waals surface area contributed by atoms with Crippen molar-refractivity contribution in [3.8, 4) is 16.9 Å². The van der Waals surface area contributed by atoms with E-state index in [0.29, 0.717) is 37.1 Å². The minimum Gasteiger partial charge on any atom is -0.422 e. The molecule has 0 saturated carbocycles. The molecule has 194 valence electrons. The van der Waals surface area contributed by atoms with Gasteiger partial charge in [0.1, 0.15) is 11.4 Å². The van der Waals surface area contributed by atoms with Crippen LogP contribution in [-0.4, -0.2) is 23.1 Å². The maximum absolute atomic E-state index is 13.3. The number of para-hydroxylation sites is 1. The summed E-state index contributed by atoms with van der Waals surface area (Å²) in [5, 5.41) is 6.19. The molecule has 39 heavy (non-hydrogen) atoms. The van der Waals surface area contributed by atoms with Crippen LogP contribution < -0.4 is 10.2 Å². The van der Waals surface area contributed by atoms with E-state index in [-0.39, 0.29) is 22.0 Å². The lowest BCUT2D eigenvalue weighted by Gasteiger charge is -2.08. The third-order valence-electron chi connectivity index (χ3n) is 5.76. The Morgan fingerprint density at radius 3 is 2.31 bits per heavy atom. The second-order valence-corrected chi connectivity index (χ2v) is 9.99. The number of amides is 1. The zero-order valence-electron chi connectivity index (χ0n) is 19.8. The van der Waals surface area contributed by atoms with Gasteiger partial charge < -0.3 is 9.72 Å². The van der Waals surface area contributed by atoms with Crippen LogP contribution in [0.25, 0.3) is 22.0 Å². The lowest BCUT2D eigenvalue weighted by Crippen LogP contribution is -2.19. The van der Waals surface area contributed by atoms with Gasteiger partial charge in [0, 0.05) is 26.6 Å². The zero-order valence-corrected chi connectivity index (χ0v) is 22.9. The molecule has 0 unspecified atom stereocenters. The predicted octanol–water partition coefficient (Wildman–Crippen LogP) is 8.43. The fourth-order valence-corrected chi connectivity index (χ4v) is 5.03. The van der Waals surface area contributed by atoms with Crippen molar-refractivity contribution < 1.29 is 14.3 Å². The fourth-order valence-electron chi connectivity index (χ4n) is 4.00. The average molecular weight is 597 g/mol. The number of carbonyl (C=O) groups excluding carboxylic acids is 2. The molecular weight excluding hydrogens is 580 g/mol. The van der Waals surface area contributed by atoms with Crippen LogP contribution in [0.4, 0.5) is 0 Å². The Balaban J connectivity index is 1.41. The van der Waals surface area contributed by atoms with Gasteiger partial charge in [-0.15, -0.1) is 0 Å². The highest BCUT2D eigenvalue weighted by atomic mass is 35.5. The zero-order chi connectivity index (χ0) is 27.5. The monoisotopic (exact) mass is 595 g/mol. The number of hydrogen-bond donors (Lipinski definition) is 2. The van der Waals surface area contributed by atoms with Crippen molar-refractivity contribution in [2.75, 3.05) is 0 Å². The van der Waals surface area contributed by atoms with Crippen LogP contribution in [-0.2, 0) is 0 Å². The number of fused-ring (bicyclic) bond motifs is 1. The molecule has 0 aliphatic rings. The molecule has 0 bridgehead atoms. The van der Waals surface area contributed by atoms with Crippen molar-refractivity contribution in [2.45, 2.75) is 0 Å². The van der Waals surface area contributed by atoms with Crippen LogP contribution in [0.15, 0.2) is 90.0 Å². The van der Waals surface area contributed by atoms with Crippen LogP contribution in [0.3, 0.4) is 0 Å². The van der Waals surface area contributed by atoms with Crippen molar-refractivity contribution in [2.24, 2.45) is 5.10 Å². The molecule has 10 heteroatoms. The van der Waals surface area contributed by atoms with E-state index in [1.165, 1.54) is 18.3 Å². The van der Waals surface area contributed by atoms with Crippen LogP contribution in [0.5, 0.6) is 5.75 Å². The lowest BCUT2D eigenvalue weighted by atomic mass is 10.0. The number of rotatable bonds is 6. The van der Waals surface area contributed by atoms with E-state index in [9.17, 15) is 9.59 Å². The van der Waals surface area contributed by atoms with Crippen molar-refractivity contribution in [3.05, 3.63) is 122 Å². The van der Waals surface area contributed by atoms with Gasteiger partial charge in [0.15, 0.2) is 0 Å². The maximum atomic E-state index is 13.3. The summed E-state index contributed by atoms with van der Waals surface area (Å²) in [6, 6.07) is 23.9. The van der Waals surface area contributed by atoms with Crippen molar-refractivity contribution >= 4 is 75.4 Å². The molecule has 0 atom stereocenters. The molecular formula is C29H17Cl4N3O3. The standard InChI is InChI=1S/C29H17Cl4N3O3/c30-18-10-11-20(22(32)13-18)29(38)39-24-9-5-4-8-17(24)15-34-36-28(37)27-25(16-6-2-1-3-7-16)21-12-19(31)14-23(33)26(21)35-27/h1-15,35H,(H,36,37). The summed E-state index contributed by atoms with van der Waals surface area (Å²) in [5.74, 6) is -0.942. The Hall–Kier alpha value is -3.81. The number of ether oxygens (including phenoxy) is 1. The van der Waals surface area contributed by atoms with E-state index >= 15 is 0 Å². The molecule has 2 N–H and O–H groups in total. The number of aromatic amines is 1. The predicted molar refractivity (Wildman–Crippen MR) is 157 cm³/mol. The number of hydrazone groups is 1. The molecule has 1 heterocycles. The molecule has 6 nitrogen and oxygen atoms in total. The number of esters is 1. The topological polar surface area (TPSA) is 83.5 Å². The van der Waals surface area contributed by atoms with E-state index in [1.54, 1.807) is 42.5 Å². The van der Waals surface area contributed by atoms with Crippen LogP contribution in [0, 0.1) is 0 Å². The quantitative estimate of drug-likeness (QED) is 0.0892. The van der Waals surface area contributed by atoms with Gasteiger partial charge in [0.05, 0.1) is 27.3 Å². The Morgan fingerprint density at radius 2 is 1.54 bits per heavy atom. The number of benzene rings is 4. The molecule has 0 aliphatic carbocycles. The lowest BCUT2D eigenvalue weighted by molar-refractivity contribution is 0.0734. The highest BCUT2D eigenvalue weighted by Gasteiger charge is 2.21. The van der Waals surface area contributed by atoms with Crippen molar-refractivity contribution in [1.82, 2.24) is 10.4 Å². The highest BCUT2D eigenvalue weighted by Crippen LogP contribution is 2.37. The fraction of sp³-hybridized carbons (Fsp3) is 0. The Bertz CT molecular complexity index is 1750. The second-order valence-electron chi connectivity index (χ2n) is 8.30. The molecule has 0 radical (unpaired) electrons. The molecule has 0 spiro atoms. The van der Waals surface area contributed by atoms with Crippen LogP contribution in [0.1, 0.15) is 26.4 Å². The Kier molecular flexibility index (Phi) is 7.91. The largest absolute Gasteiger partial charge is 0.422 e. The molecule has 5 aromatic rings. The molecule has 4 aromatic carbocycles. The van der Waals surface area contributed by atoms with E-state index in [4.69, 9.17) is 51.1 Å². The first-order valence-electron chi connectivity index (χ1n) is 11.5. The van der Waals surface area contributed by atoms with Gasteiger partial charge in [-0.25, -0.2) is 10.2 Å². The smallest absolute Gasteiger partial charge is 0.345 e. The number of nitrogens with zero attached hydrogens (tertiary/aromatic N) is 1. The normalized spacial score (nSPS) is 11.2. The van der Waals surface area contributed by atoms with Crippen LogP contribution in [0.2, 0.25) is 20.1 Å². The highest BCUT2D eigenvalue weighted by molar-refractivity contribution is 6.39. The third kappa shape index (κ3) is 5.79. The Morgan fingerprint density at radius 1 is 0.821 bits per heavy atom. The second kappa shape index (κ2) is 11.5. The minimum absolute atomic E-state index is 0.159.